The summed E-state index contributed by atoms with van der Waals surface area (Å²) in [6.45, 7) is 1.95. The van der Waals surface area contributed by atoms with Crippen molar-refractivity contribution in [2.75, 3.05) is 13.7 Å². The molecule has 1 fully saturated rings. The number of esters is 1. The summed E-state index contributed by atoms with van der Waals surface area (Å²) in [6, 6.07) is 16.7. The molecule has 0 bridgehead atoms. The molecule has 1 amide bonds. The zero-order valence-corrected chi connectivity index (χ0v) is 19.3. The average molecular weight is 476 g/mol. The van der Waals surface area contributed by atoms with Gasteiger partial charge in [0.05, 0.1) is 30.5 Å². The second kappa shape index (κ2) is 10.6. The summed E-state index contributed by atoms with van der Waals surface area (Å²) in [5.74, 6) is -0.0848. The van der Waals surface area contributed by atoms with Crippen LogP contribution in [0.1, 0.15) is 28.5 Å². The fourth-order valence-electron chi connectivity index (χ4n) is 3.02. The number of carbonyl (C=O) groups is 2. The molecule has 4 rings (SSSR count). The average Bonchev–Trinajstić information content (AvgIpc) is 3.44. The Bertz CT molecular complexity index is 1280. The summed E-state index contributed by atoms with van der Waals surface area (Å²) in [5.41, 5.74) is 2.20. The molecule has 0 aliphatic carbocycles. The number of hydrogen-bond donors (Lipinski definition) is 1. The number of aromatic nitrogens is 2. The van der Waals surface area contributed by atoms with Crippen molar-refractivity contribution in [1.82, 2.24) is 15.1 Å². The largest absolute Gasteiger partial charge is 0.497 e. The van der Waals surface area contributed by atoms with E-state index in [9.17, 15) is 9.59 Å². The maximum atomic E-state index is 12.4. The molecule has 9 nitrogen and oxygen atoms in total. The SMILES string of the molecule is CCOC(=O)c1nn(-c2ccccc2)cc1/C=N/N=C1\NC(=O)/C(=C/c2ccc(OC)cc2)S1. The Kier molecular flexibility index (Phi) is 7.19. The normalized spacial score (nSPS) is 15.8. The van der Waals surface area contributed by atoms with Gasteiger partial charge in [0.2, 0.25) is 0 Å². The van der Waals surface area contributed by atoms with Crippen LogP contribution in [0.15, 0.2) is 75.9 Å². The lowest BCUT2D eigenvalue weighted by molar-refractivity contribution is -0.115. The molecule has 0 atom stereocenters. The Morgan fingerprint density at radius 2 is 1.94 bits per heavy atom. The quantitative estimate of drug-likeness (QED) is 0.242. The van der Waals surface area contributed by atoms with Crippen LogP contribution >= 0.6 is 11.8 Å². The first-order chi connectivity index (χ1) is 16.6. The minimum atomic E-state index is -0.556. The van der Waals surface area contributed by atoms with Crippen LogP contribution in [0.2, 0.25) is 0 Å². The van der Waals surface area contributed by atoms with E-state index < -0.39 is 5.97 Å². The molecule has 1 N–H and O–H groups in total. The minimum Gasteiger partial charge on any atom is -0.497 e. The molecule has 0 unspecified atom stereocenters. The third-order valence-corrected chi connectivity index (χ3v) is 5.54. The highest BCUT2D eigenvalue weighted by Gasteiger charge is 2.24. The lowest BCUT2D eigenvalue weighted by Gasteiger charge is -2.00. The topological polar surface area (TPSA) is 107 Å². The molecule has 0 spiro atoms. The molecule has 1 aliphatic heterocycles. The minimum absolute atomic E-state index is 0.123. The van der Waals surface area contributed by atoms with Crippen LogP contribution in [0.3, 0.4) is 0 Å². The number of ether oxygens (including phenoxy) is 2. The van der Waals surface area contributed by atoms with Gasteiger partial charge in [0.15, 0.2) is 10.9 Å². The maximum Gasteiger partial charge on any atom is 0.359 e. The Labute approximate surface area is 200 Å². The fraction of sp³-hybridized carbons (Fsp3) is 0.125. The smallest absolute Gasteiger partial charge is 0.359 e. The first kappa shape index (κ1) is 23.0. The molecule has 0 radical (unpaired) electrons. The predicted molar refractivity (Wildman–Crippen MR) is 131 cm³/mol. The molecule has 1 aliphatic rings. The second-order valence-corrected chi connectivity index (χ2v) is 7.95. The molecule has 3 aromatic rings. The Morgan fingerprint density at radius 3 is 2.65 bits per heavy atom. The fourth-order valence-corrected chi connectivity index (χ4v) is 3.80. The third kappa shape index (κ3) is 5.41. The molecule has 1 aromatic heterocycles. The summed E-state index contributed by atoms with van der Waals surface area (Å²) in [4.78, 5) is 25.1. The van der Waals surface area contributed by atoms with E-state index in [1.165, 1.54) is 18.0 Å². The molecular weight excluding hydrogens is 454 g/mol. The summed E-state index contributed by atoms with van der Waals surface area (Å²) >= 11 is 1.17. The number of amidine groups is 1. The second-order valence-electron chi connectivity index (χ2n) is 6.92. The van der Waals surface area contributed by atoms with E-state index >= 15 is 0 Å². The Morgan fingerprint density at radius 1 is 1.18 bits per heavy atom. The number of amides is 1. The lowest BCUT2D eigenvalue weighted by atomic mass is 10.2. The number of nitrogens with one attached hydrogen (secondary N) is 1. The van der Waals surface area contributed by atoms with Gasteiger partial charge in [-0.1, -0.05) is 30.3 Å². The highest BCUT2D eigenvalue weighted by Crippen LogP contribution is 2.26. The molecule has 172 valence electrons. The number of rotatable bonds is 7. The number of thioether (sulfide) groups is 1. The first-order valence-electron chi connectivity index (χ1n) is 10.4. The van der Waals surface area contributed by atoms with Gasteiger partial charge in [-0.05, 0) is 54.6 Å². The van der Waals surface area contributed by atoms with Gasteiger partial charge in [0.25, 0.3) is 5.91 Å². The van der Waals surface area contributed by atoms with Gasteiger partial charge < -0.3 is 9.47 Å². The lowest BCUT2D eigenvalue weighted by Crippen LogP contribution is -2.19. The van der Waals surface area contributed by atoms with E-state index in [1.807, 2.05) is 54.6 Å². The summed E-state index contributed by atoms with van der Waals surface area (Å²) < 4.78 is 11.8. The van der Waals surface area contributed by atoms with Gasteiger partial charge in [-0.3, -0.25) is 10.1 Å². The van der Waals surface area contributed by atoms with Crippen molar-refractivity contribution in [1.29, 1.82) is 0 Å². The van der Waals surface area contributed by atoms with E-state index in [0.29, 0.717) is 15.6 Å². The van der Waals surface area contributed by atoms with Crippen LogP contribution in [0.5, 0.6) is 5.75 Å². The van der Waals surface area contributed by atoms with Crippen molar-refractivity contribution in [3.8, 4) is 11.4 Å². The van der Waals surface area contributed by atoms with Crippen LogP contribution in [-0.2, 0) is 9.53 Å². The number of para-hydroxylation sites is 1. The van der Waals surface area contributed by atoms with Crippen molar-refractivity contribution < 1.29 is 19.1 Å². The van der Waals surface area contributed by atoms with E-state index in [4.69, 9.17) is 9.47 Å². The summed E-state index contributed by atoms with van der Waals surface area (Å²) in [6.07, 6.45) is 4.83. The Hall–Kier alpha value is -4.18. The predicted octanol–water partition coefficient (Wildman–Crippen LogP) is 3.65. The van der Waals surface area contributed by atoms with Crippen LogP contribution in [-0.4, -0.2) is 46.8 Å². The van der Waals surface area contributed by atoms with Crippen LogP contribution < -0.4 is 10.1 Å². The van der Waals surface area contributed by atoms with Crippen LogP contribution in [0, 0.1) is 0 Å². The molecular formula is C24H21N5O4S. The highest BCUT2D eigenvalue weighted by molar-refractivity contribution is 8.18. The van der Waals surface area contributed by atoms with Crippen molar-refractivity contribution in [2.24, 2.45) is 10.2 Å². The molecule has 10 heteroatoms. The van der Waals surface area contributed by atoms with E-state index in [-0.39, 0.29) is 18.2 Å². The Balaban J connectivity index is 1.53. The molecule has 34 heavy (non-hydrogen) atoms. The van der Waals surface area contributed by atoms with Gasteiger partial charge in [-0.25, -0.2) is 9.48 Å². The van der Waals surface area contributed by atoms with E-state index in [0.717, 1.165) is 17.0 Å². The molecule has 2 heterocycles. The van der Waals surface area contributed by atoms with Crippen molar-refractivity contribution in [2.45, 2.75) is 6.92 Å². The molecule has 2 aromatic carbocycles. The first-order valence-corrected chi connectivity index (χ1v) is 11.2. The third-order valence-electron chi connectivity index (χ3n) is 4.64. The highest BCUT2D eigenvalue weighted by atomic mass is 32.2. The van der Waals surface area contributed by atoms with Gasteiger partial charge in [0, 0.05) is 11.8 Å². The number of benzene rings is 2. The zero-order valence-electron chi connectivity index (χ0n) is 18.5. The molecule has 1 saturated heterocycles. The zero-order chi connectivity index (χ0) is 23.9. The van der Waals surface area contributed by atoms with Gasteiger partial charge in [0.1, 0.15) is 5.75 Å². The van der Waals surface area contributed by atoms with Crippen molar-refractivity contribution >= 4 is 41.1 Å². The summed E-state index contributed by atoms with van der Waals surface area (Å²) in [7, 11) is 1.60. The van der Waals surface area contributed by atoms with Gasteiger partial charge >= 0.3 is 5.97 Å². The van der Waals surface area contributed by atoms with Gasteiger partial charge in [-0.2, -0.15) is 10.2 Å². The van der Waals surface area contributed by atoms with E-state index in [1.54, 1.807) is 31.0 Å². The maximum absolute atomic E-state index is 12.4. The van der Waals surface area contributed by atoms with Crippen LogP contribution in [0.4, 0.5) is 0 Å². The molecule has 0 saturated carbocycles. The van der Waals surface area contributed by atoms with E-state index in [2.05, 4.69) is 20.6 Å². The van der Waals surface area contributed by atoms with Gasteiger partial charge in [-0.15, -0.1) is 5.10 Å². The monoisotopic (exact) mass is 475 g/mol. The number of nitrogens with zero attached hydrogens (tertiary/aromatic N) is 4. The summed E-state index contributed by atoms with van der Waals surface area (Å²) in [5, 5.41) is 15.5. The van der Waals surface area contributed by atoms with Crippen molar-refractivity contribution in [3.05, 3.63) is 82.5 Å². The number of carbonyl (C=O) groups excluding carboxylic acids is 2. The number of hydrogen-bond acceptors (Lipinski definition) is 8. The van der Waals surface area contributed by atoms with Crippen LogP contribution in [0.25, 0.3) is 11.8 Å². The van der Waals surface area contributed by atoms with Crippen molar-refractivity contribution in [3.63, 3.8) is 0 Å². The number of methoxy groups -OCH3 is 1. The standard InChI is InChI=1S/C24H21N5O4S/c1-3-33-23(31)21-17(15-29(28-21)18-7-5-4-6-8-18)14-25-27-24-26-22(30)20(34-24)13-16-9-11-19(32-2)12-10-16/h4-15H,3H2,1-2H3,(H,26,27,30)/b20-13-,25-14+.